The molecule has 12 atom stereocenters. The lowest BCUT2D eigenvalue weighted by atomic mass is 10.0. The summed E-state index contributed by atoms with van der Waals surface area (Å²) in [6.45, 7) is 4.00. The number of aliphatic carboxylic acids is 2. The highest BCUT2D eigenvalue weighted by atomic mass is 16.4. The van der Waals surface area contributed by atoms with Gasteiger partial charge in [-0.3, -0.25) is 62.3 Å². The zero-order valence-electron chi connectivity index (χ0n) is 49.5. The summed E-state index contributed by atoms with van der Waals surface area (Å²) >= 11 is 0. The quantitative estimate of drug-likeness (QED) is 0.0275. The van der Waals surface area contributed by atoms with Crippen molar-refractivity contribution in [1.82, 2.24) is 68.5 Å². The first-order valence-electron chi connectivity index (χ1n) is 28.2. The average Bonchev–Trinajstić information content (AvgIpc) is 4.13. The van der Waals surface area contributed by atoms with Crippen LogP contribution in [0.25, 0.3) is 0 Å². The fraction of sp³-hybridized carbons (Fsp3) is 0.593. The number of carbonyl (C=O) groups is 13. The van der Waals surface area contributed by atoms with Gasteiger partial charge in [-0.2, -0.15) is 0 Å². The predicted molar refractivity (Wildman–Crippen MR) is 308 cm³/mol. The number of hydrogen-bond donors (Lipinski definition) is 20. The van der Waals surface area contributed by atoms with Crippen molar-refractivity contribution < 1.29 is 93.0 Å². The van der Waals surface area contributed by atoms with Crippen molar-refractivity contribution in [3.8, 4) is 0 Å². The number of aromatic amines is 1. The van der Waals surface area contributed by atoms with Gasteiger partial charge in [0.25, 0.3) is 0 Å². The Morgan fingerprint density at radius 2 is 1.03 bits per heavy atom. The summed E-state index contributed by atoms with van der Waals surface area (Å²) in [7, 11) is 0. The number of benzene rings is 1. The molecule has 4 unspecified atom stereocenters. The SMILES string of the molecule is CC(C)C[C@H](NC(=O)C(CC(=O)O)NC(=O)[C@H](CO)NC(=O)[C@@H](NC(=O)[C@H](Cc1ccccc1)NC(=O)[C@@H](NC(=O)CNC(=O)C(CCC(=O)O)NC(=O)CNC(=O)C(N)Cc1cnc[nH]1)[C@@H](C)O)[C@@H](C)O)C(=O)NC(CO)C(=O)N[C@H](C)CCCCN. The maximum Gasteiger partial charge on any atom is 0.305 e. The van der Waals surface area contributed by atoms with Crippen LogP contribution in [0.2, 0.25) is 0 Å². The fourth-order valence-corrected chi connectivity index (χ4v) is 8.27. The summed E-state index contributed by atoms with van der Waals surface area (Å²) in [5.41, 5.74) is 12.4. The van der Waals surface area contributed by atoms with E-state index < -0.39 is 189 Å². The van der Waals surface area contributed by atoms with Gasteiger partial charge >= 0.3 is 11.9 Å². The Bertz CT molecular complexity index is 2650. The van der Waals surface area contributed by atoms with Gasteiger partial charge in [0.05, 0.1) is 57.3 Å². The minimum absolute atomic E-state index is 0.0452. The molecule has 0 aliphatic heterocycles. The first-order chi connectivity index (χ1) is 41.5. The molecule has 2 aromatic rings. The van der Waals surface area contributed by atoms with E-state index in [2.05, 4.69) is 68.5 Å². The summed E-state index contributed by atoms with van der Waals surface area (Å²) < 4.78 is 0. The van der Waals surface area contributed by atoms with Crippen molar-refractivity contribution in [2.24, 2.45) is 17.4 Å². The van der Waals surface area contributed by atoms with Crippen LogP contribution in [-0.2, 0) is 75.2 Å². The number of unbranched alkanes of at least 4 members (excludes halogenated alkanes) is 1. The summed E-state index contributed by atoms with van der Waals surface area (Å²) in [5.74, 6) is -15.1. The molecule has 34 nitrogen and oxygen atoms in total. The van der Waals surface area contributed by atoms with E-state index in [1.54, 1.807) is 51.1 Å². The number of nitrogens with zero attached hydrogens (tertiary/aromatic N) is 1. The van der Waals surface area contributed by atoms with Gasteiger partial charge in [0.15, 0.2) is 0 Å². The van der Waals surface area contributed by atoms with Crippen LogP contribution in [0.5, 0.6) is 0 Å². The number of aliphatic hydroxyl groups excluding tert-OH is 4. The second-order valence-electron chi connectivity index (χ2n) is 21.2. The zero-order valence-corrected chi connectivity index (χ0v) is 49.5. The Hall–Kier alpha value is -8.70. The van der Waals surface area contributed by atoms with E-state index in [1.165, 1.54) is 12.5 Å². The average molecular weight is 1250 g/mol. The number of hydrogen-bond acceptors (Lipinski definition) is 20. The molecule has 0 saturated heterocycles. The number of nitrogens with two attached hydrogens (primary N) is 2. The van der Waals surface area contributed by atoms with E-state index in [-0.39, 0.29) is 31.2 Å². The highest BCUT2D eigenvalue weighted by molar-refractivity contribution is 5.99. The third-order valence-corrected chi connectivity index (χ3v) is 13.0. The van der Waals surface area contributed by atoms with Crippen LogP contribution in [0.1, 0.15) is 90.8 Å². The standard InChI is InChI=1S/C54H85N15O19/c1-27(2)17-35(48(82)66-38(24-70)51(85)61-28(3)11-9-10-16-55)63-49(83)37(20-43(78)79)64-52(86)39(25-71)67-54(88)45(30(5)73)69-50(84)36(18-31-12-7-6-8-13-31)65-53(87)44(29(4)72)68-41(75)23-59-47(81)34(14-15-42(76)77)62-40(74)22-58-46(80)33(56)19-32-21-57-26-60-32/h6-8,12-13,21,26-30,33-39,44-45,70-73H,9-11,14-20,22-25,55-56H2,1-5H3,(H,57,60)(H,58,80)(H,59,81)(H,61,85)(H,62,74)(H,63,83)(H,64,86)(H,65,87)(H,66,82)(H,67,88)(H,68,75)(H,69,84)(H,76,77)(H,78,79)/t28-,29-,30-,33?,34?,35+,36+,37?,38?,39+,44+,45+/m1/s1. The number of carboxylic acids is 2. The summed E-state index contributed by atoms with van der Waals surface area (Å²) in [5, 5.41) is 85.8. The van der Waals surface area contributed by atoms with E-state index in [4.69, 9.17) is 11.5 Å². The molecule has 88 heavy (non-hydrogen) atoms. The first-order valence-corrected chi connectivity index (χ1v) is 28.2. The third kappa shape index (κ3) is 28.2. The van der Waals surface area contributed by atoms with E-state index in [0.717, 1.165) is 13.8 Å². The maximum absolute atomic E-state index is 14.1. The van der Waals surface area contributed by atoms with E-state index in [1.807, 2.05) is 0 Å². The second-order valence-corrected chi connectivity index (χ2v) is 21.2. The summed E-state index contributed by atoms with van der Waals surface area (Å²) in [6, 6.07) is -7.56. The largest absolute Gasteiger partial charge is 0.481 e. The minimum atomic E-state index is -2.01. The summed E-state index contributed by atoms with van der Waals surface area (Å²) in [4.78, 5) is 177. The molecule has 34 heteroatoms. The lowest BCUT2D eigenvalue weighted by molar-refractivity contribution is -0.142. The van der Waals surface area contributed by atoms with Crippen molar-refractivity contribution in [2.45, 2.75) is 165 Å². The van der Waals surface area contributed by atoms with Crippen molar-refractivity contribution in [3.05, 3.63) is 54.1 Å². The molecular weight excluding hydrogens is 1160 g/mol. The van der Waals surface area contributed by atoms with Crippen LogP contribution >= 0.6 is 0 Å². The van der Waals surface area contributed by atoms with Crippen molar-refractivity contribution in [2.75, 3.05) is 32.8 Å². The number of carbonyl (C=O) groups excluding carboxylic acids is 11. The van der Waals surface area contributed by atoms with Gasteiger partial charge in [0.1, 0.15) is 48.3 Å². The smallest absolute Gasteiger partial charge is 0.305 e. The molecule has 11 amide bonds. The lowest BCUT2D eigenvalue weighted by Crippen LogP contribution is -2.63. The third-order valence-electron chi connectivity index (χ3n) is 13.0. The number of nitrogens with one attached hydrogen (secondary N) is 12. The van der Waals surface area contributed by atoms with Gasteiger partial charge in [-0.05, 0) is 64.5 Å². The number of amides is 11. The van der Waals surface area contributed by atoms with E-state index in [9.17, 15) is 93.0 Å². The molecule has 22 N–H and O–H groups in total. The monoisotopic (exact) mass is 1250 g/mol. The zero-order chi connectivity index (χ0) is 66.2. The molecule has 0 aliphatic carbocycles. The molecule has 0 saturated carbocycles. The van der Waals surface area contributed by atoms with Crippen molar-refractivity contribution in [3.63, 3.8) is 0 Å². The highest BCUT2D eigenvalue weighted by Gasteiger charge is 2.37. The van der Waals surface area contributed by atoms with Crippen LogP contribution < -0.4 is 70.0 Å². The topological polar surface area (TPSA) is 556 Å². The van der Waals surface area contributed by atoms with Crippen molar-refractivity contribution >= 4 is 76.9 Å². The summed E-state index contributed by atoms with van der Waals surface area (Å²) in [6.07, 6.45) is -1.32. The molecule has 0 spiro atoms. The van der Waals surface area contributed by atoms with E-state index in [0.29, 0.717) is 37.1 Å². The minimum Gasteiger partial charge on any atom is -0.481 e. The second kappa shape index (κ2) is 39.2. The molecule has 0 bridgehead atoms. The molecule has 2 rings (SSSR count). The Labute approximate surface area is 506 Å². The van der Waals surface area contributed by atoms with Crippen LogP contribution in [0, 0.1) is 5.92 Å². The van der Waals surface area contributed by atoms with Crippen LogP contribution in [0.15, 0.2) is 42.9 Å². The van der Waals surface area contributed by atoms with Gasteiger partial charge in [0, 0.05) is 37.2 Å². The normalized spacial score (nSPS) is 15.2. The molecule has 0 aliphatic rings. The maximum atomic E-state index is 14.1. The molecule has 1 aromatic carbocycles. The van der Waals surface area contributed by atoms with Gasteiger partial charge in [-0.1, -0.05) is 50.6 Å². The van der Waals surface area contributed by atoms with E-state index >= 15 is 0 Å². The van der Waals surface area contributed by atoms with Gasteiger partial charge in [-0.15, -0.1) is 0 Å². The number of imidazole rings is 1. The molecule has 0 fully saturated rings. The van der Waals surface area contributed by atoms with Crippen LogP contribution in [0.3, 0.4) is 0 Å². The Kier molecular flexibility index (Phi) is 33.6. The lowest BCUT2D eigenvalue weighted by Gasteiger charge is -2.28. The number of H-pyrrole nitrogens is 1. The predicted octanol–water partition coefficient (Wildman–Crippen LogP) is -7.60. The Balaban J connectivity index is 2.24. The molecular formula is C54H85N15O19. The Morgan fingerprint density at radius 3 is 1.57 bits per heavy atom. The van der Waals surface area contributed by atoms with Crippen LogP contribution in [-0.4, -0.2) is 223 Å². The number of aromatic nitrogens is 2. The van der Waals surface area contributed by atoms with Crippen molar-refractivity contribution in [1.29, 1.82) is 0 Å². The number of rotatable bonds is 41. The number of aliphatic hydroxyl groups is 4. The fourth-order valence-electron chi connectivity index (χ4n) is 8.27. The molecule has 1 heterocycles. The highest BCUT2D eigenvalue weighted by Crippen LogP contribution is 2.10. The first kappa shape index (κ1) is 75.4. The van der Waals surface area contributed by atoms with Gasteiger partial charge < -0.3 is 106 Å². The van der Waals surface area contributed by atoms with Crippen LogP contribution in [0.4, 0.5) is 0 Å². The Morgan fingerprint density at radius 1 is 0.534 bits per heavy atom. The molecule has 490 valence electrons. The van der Waals surface area contributed by atoms with Gasteiger partial charge in [-0.25, -0.2) is 4.98 Å². The molecule has 0 radical (unpaired) electrons. The number of carboxylic acid groups (broad SMARTS) is 2. The van der Waals surface area contributed by atoms with Gasteiger partial charge in [0.2, 0.25) is 65.0 Å². The molecule has 1 aromatic heterocycles.